The number of aromatic nitrogens is 1. The average Bonchev–Trinajstić information content (AvgIpc) is 3.29. The lowest BCUT2D eigenvalue weighted by atomic mass is 10.1. The van der Waals surface area contributed by atoms with Crippen LogP contribution in [0.4, 0.5) is 5.13 Å². The molecule has 0 radical (unpaired) electrons. The number of nitrogens with one attached hydrogen (secondary N) is 2. The van der Waals surface area contributed by atoms with Crippen LogP contribution >= 0.6 is 22.7 Å². The fourth-order valence-electron chi connectivity index (χ4n) is 2.18. The molecule has 1 atom stereocenters. The smallest absolute Gasteiger partial charge is 0.250 e. The molecule has 6 nitrogen and oxygen atoms in total. The minimum atomic E-state index is -3.77. The van der Waals surface area contributed by atoms with E-state index in [1.807, 2.05) is 30.3 Å². The summed E-state index contributed by atoms with van der Waals surface area (Å²) >= 11 is 2.38. The molecule has 9 heteroatoms. The summed E-state index contributed by atoms with van der Waals surface area (Å²) in [5, 5.41) is 6.49. The number of amides is 1. The molecule has 0 bridgehead atoms. The van der Waals surface area contributed by atoms with Crippen LogP contribution in [0.3, 0.4) is 0 Å². The molecule has 1 unspecified atom stereocenters. The Morgan fingerprint density at radius 2 is 1.88 bits per heavy atom. The molecule has 0 aliphatic heterocycles. The van der Waals surface area contributed by atoms with Crippen LogP contribution in [0.1, 0.15) is 5.56 Å². The zero-order valence-corrected chi connectivity index (χ0v) is 15.4. The highest BCUT2D eigenvalue weighted by molar-refractivity contribution is 7.91. The van der Waals surface area contributed by atoms with Gasteiger partial charge in [0.1, 0.15) is 10.3 Å². The van der Waals surface area contributed by atoms with E-state index < -0.39 is 22.0 Å². The summed E-state index contributed by atoms with van der Waals surface area (Å²) in [6, 6.07) is 11.5. The van der Waals surface area contributed by atoms with Crippen molar-refractivity contribution in [2.75, 3.05) is 5.32 Å². The Hall–Kier alpha value is -2.07. The molecule has 25 heavy (non-hydrogen) atoms. The van der Waals surface area contributed by atoms with Crippen molar-refractivity contribution in [2.24, 2.45) is 0 Å². The lowest BCUT2D eigenvalue weighted by Crippen LogP contribution is -2.45. The van der Waals surface area contributed by atoms with Crippen LogP contribution in [0.2, 0.25) is 0 Å². The molecule has 0 saturated carbocycles. The van der Waals surface area contributed by atoms with Crippen LogP contribution < -0.4 is 10.0 Å². The molecule has 0 fully saturated rings. The van der Waals surface area contributed by atoms with E-state index in [0.29, 0.717) is 5.13 Å². The van der Waals surface area contributed by atoms with Gasteiger partial charge in [-0.15, -0.1) is 22.7 Å². The van der Waals surface area contributed by atoms with E-state index in [1.54, 1.807) is 23.0 Å². The number of carbonyl (C=O) groups excluding carboxylic acids is 1. The Morgan fingerprint density at radius 1 is 1.08 bits per heavy atom. The van der Waals surface area contributed by atoms with Crippen molar-refractivity contribution >= 4 is 43.7 Å². The fourth-order valence-corrected chi connectivity index (χ4v) is 4.91. The Labute approximate surface area is 153 Å². The predicted octanol–water partition coefficient (Wildman–Crippen LogP) is 2.73. The predicted molar refractivity (Wildman–Crippen MR) is 99.3 cm³/mol. The first kappa shape index (κ1) is 17.7. The molecule has 0 spiro atoms. The molecule has 1 aromatic carbocycles. The fraction of sp³-hybridized carbons (Fsp3) is 0.125. The number of hydrogen-bond acceptors (Lipinski definition) is 6. The second kappa shape index (κ2) is 7.87. The molecule has 0 saturated heterocycles. The number of sulfonamides is 1. The molecule has 2 N–H and O–H groups in total. The normalized spacial score (nSPS) is 12.6. The Kier molecular flexibility index (Phi) is 5.59. The minimum absolute atomic E-state index is 0.174. The Balaban J connectivity index is 1.82. The molecule has 3 aromatic rings. The second-order valence-corrected chi connectivity index (χ2v) is 8.91. The third-order valence-corrected chi connectivity index (χ3v) is 6.88. The van der Waals surface area contributed by atoms with Gasteiger partial charge in [0.15, 0.2) is 5.13 Å². The van der Waals surface area contributed by atoms with Crippen molar-refractivity contribution in [1.82, 2.24) is 9.71 Å². The van der Waals surface area contributed by atoms with Crippen molar-refractivity contribution in [2.45, 2.75) is 16.7 Å². The van der Waals surface area contributed by atoms with Gasteiger partial charge in [-0.25, -0.2) is 13.4 Å². The van der Waals surface area contributed by atoms with Gasteiger partial charge in [0.25, 0.3) is 10.0 Å². The third-order valence-electron chi connectivity index (χ3n) is 3.32. The van der Waals surface area contributed by atoms with E-state index in [9.17, 15) is 13.2 Å². The molecule has 130 valence electrons. The van der Waals surface area contributed by atoms with Gasteiger partial charge < -0.3 is 5.32 Å². The molecule has 2 aromatic heterocycles. The van der Waals surface area contributed by atoms with E-state index in [2.05, 4.69) is 15.0 Å². The number of thiazole rings is 1. The van der Waals surface area contributed by atoms with Gasteiger partial charge in [-0.3, -0.25) is 4.79 Å². The number of anilines is 1. The van der Waals surface area contributed by atoms with Gasteiger partial charge in [0, 0.05) is 11.6 Å². The number of nitrogens with zero attached hydrogens (tertiary/aromatic N) is 1. The van der Waals surface area contributed by atoms with Gasteiger partial charge in [-0.2, -0.15) is 4.72 Å². The monoisotopic (exact) mass is 393 g/mol. The summed E-state index contributed by atoms with van der Waals surface area (Å²) in [7, 11) is -3.77. The lowest BCUT2D eigenvalue weighted by molar-refractivity contribution is -0.117. The van der Waals surface area contributed by atoms with Crippen LogP contribution in [0.25, 0.3) is 0 Å². The zero-order valence-electron chi connectivity index (χ0n) is 13.0. The zero-order chi connectivity index (χ0) is 17.7. The SMILES string of the molecule is O=C(Nc1nccs1)C(Cc1ccccc1)NS(=O)(=O)c1cccs1. The minimum Gasteiger partial charge on any atom is -0.301 e. The van der Waals surface area contributed by atoms with Crippen LogP contribution in [-0.4, -0.2) is 25.4 Å². The molecule has 0 aliphatic rings. The standard InChI is InChI=1S/C16H15N3O3S3/c20-15(18-16-17-8-10-24-16)13(11-12-5-2-1-3-6-12)19-25(21,22)14-7-4-9-23-14/h1-10,13,19H,11H2,(H,17,18,20). The topological polar surface area (TPSA) is 88.2 Å². The highest BCUT2D eigenvalue weighted by atomic mass is 32.2. The molecule has 3 rings (SSSR count). The number of benzene rings is 1. The summed E-state index contributed by atoms with van der Waals surface area (Å²) in [6.45, 7) is 0. The first-order valence-electron chi connectivity index (χ1n) is 7.35. The molecular formula is C16H15N3O3S3. The quantitative estimate of drug-likeness (QED) is 0.646. The lowest BCUT2D eigenvalue weighted by Gasteiger charge is -2.17. The van der Waals surface area contributed by atoms with Crippen molar-refractivity contribution in [3.05, 3.63) is 65.0 Å². The summed E-state index contributed by atoms with van der Waals surface area (Å²) in [6.07, 6.45) is 1.81. The van der Waals surface area contributed by atoms with Crippen LogP contribution in [0.5, 0.6) is 0 Å². The average molecular weight is 394 g/mol. The van der Waals surface area contributed by atoms with Gasteiger partial charge in [-0.1, -0.05) is 36.4 Å². The first-order valence-corrected chi connectivity index (χ1v) is 10.6. The van der Waals surface area contributed by atoms with Crippen molar-refractivity contribution in [3.8, 4) is 0 Å². The molecule has 0 aliphatic carbocycles. The molecule has 2 heterocycles. The van der Waals surface area contributed by atoms with E-state index in [4.69, 9.17) is 0 Å². The van der Waals surface area contributed by atoms with Crippen molar-refractivity contribution in [1.29, 1.82) is 0 Å². The second-order valence-electron chi connectivity index (χ2n) is 5.12. The van der Waals surface area contributed by atoms with Crippen LogP contribution in [0, 0.1) is 0 Å². The summed E-state index contributed by atoms with van der Waals surface area (Å²) < 4.78 is 27.7. The van der Waals surface area contributed by atoms with Gasteiger partial charge in [-0.05, 0) is 23.4 Å². The summed E-state index contributed by atoms with van der Waals surface area (Å²) in [5.41, 5.74) is 0.857. The number of carbonyl (C=O) groups is 1. The summed E-state index contributed by atoms with van der Waals surface area (Å²) in [4.78, 5) is 16.6. The van der Waals surface area contributed by atoms with E-state index >= 15 is 0 Å². The number of thiophene rings is 1. The van der Waals surface area contributed by atoms with Gasteiger partial charge in [0.2, 0.25) is 5.91 Å². The van der Waals surface area contributed by atoms with Crippen molar-refractivity contribution in [3.63, 3.8) is 0 Å². The first-order chi connectivity index (χ1) is 12.0. The van der Waals surface area contributed by atoms with Gasteiger partial charge >= 0.3 is 0 Å². The van der Waals surface area contributed by atoms with E-state index in [0.717, 1.165) is 16.9 Å². The number of rotatable bonds is 7. The van der Waals surface area contributed by atoms with Crippen molar-refractivity contribution < 1.29 is 13.2 Å². The van der Waals surface area contributed by atoms with Crippen LogP contribution in [0.15, 0.2) is 63.6 Å². The highest BCUT2D eigenvalue weighted by Gasteiger charge is 2.27. The van der Waals surface area contributed by atoms with Gasteiger partial charge in [0.05, 0.1) is 0 Å². The van der Waals surface area contributed by atoms with Crippen LogP contribution in [-0.2, 0) is 21.2 Å². The van der Waals surface area contributed by atoms with E-state index in [-0.39, 0.29) is 10.6 Å². The molecular weight excluding hydrogens is 378 g/mol. The van der Waals surface area contributed by atoms with E-state index in [1.165, 1.54) is 17.4 Å². The maximum absolute atomic E-state index is 12.6. The maximum Gasteiger partial charge on any atom is 0.250 e. The number of hydrogen-bond donors (Lipinski definition) is 2. The maximum atomic E-state index is 12.6. The third kappa shape index (κ3) is 4.73. The largest absolute Gasteiger partial charge is 0.301 e. The Bertz CT molecular complexity index is 908. The molecule has 1 amide bonds. The summed E-state index contributed by atoms with van der Waals surface area (Å²) in [5.74, 6) is -0.445. The Morgan fingerprint density at radius 3 is 2.52 bits per heavy atom. The highest BCUT2D eigenvalue weighted by Crippen LogP contribution is 2.18.